The van der Waals surface area contributed by atoms with Crippen molar-refractivity contribution in [2.45, 2.75) is 32.0 Å². The number of carbonyl (C=O) groups is 1. The fraction of sp³-hybridized carbons (Fsp3) is 0.421. The van der Waals surface area contributed by atoms with Crippen molar-refractivity contribution in [2.24, 2.45) is 12.8 Å². The van der Waals surface area contributed by atoms with Crippen LogP contribution < -0.4 is 16.4 Å². The number of ether oxygens (including phenoxy) is 1. The summed E-state index contributed by atoms with van der Waals surface area (Å²) in [4.78, 5) is 17.8. The summed E-state index contributed by atoms with van der Waals surface area (Å²) in [7, 11) is 1.89. The van der Waals surface area contributed by atoms with Crippen LogP contribution in [-0.4, -0.2) is 46.0 Å². The zero-order chi connectivity index (χ0) is 20.3. The summed E-state index contributed by atoms with van der Waals surface area (Å²) in [5, 5.41) is 10.4. The minimum atomic E-state index is -0.503. The predicted octanol–water partition coefficient (Wildman–Crippen LogP) is 1.92. The molecule has 0 radical (unpaired) electrons. The molecule has 0 aromatic carbocycles. The van der Waals surface area contributed by atoms with Crippen LogP contribution in [0.25, 0.3) is 20.8 Å². The third-order valence-electron chi connectivity index (χ3n) is 5.63. The number of nitrogens with zero attached hydrogens (tertiary/aromatic N) is 3. The van der Waals surface area contributed by atoms with E-state index in [-0.39, 0.29) is 30.4 Å². The van der Waals surface area contributed by atoms with Crippen molar-refractivity contribution in [1.82, 2.24) is 20.1 Å². The number of carbonyl (C=O) groups excluding carboxylic acids is 1. The highest BCUT2D eigenvalue weighted by atomic mass is 32.1. The van der Waals surface area contributed by atoms with E-state index in [0.717, 1.165) is 20.8 Å². The van der Waals surface area contributed by atoms with Crippen LogP contribution in [0, 0.1) is 12.7 Å². The fourth-order valence-electron chi connectivity index (χ4n) is 3.88. The molecule has 1 amide bonds. The highest BCUT2D eigenvalue weighted by molar-refractivity contribution is 7.22. The molecule has 5 heterocycles. The molecule has 0 bridgehead atoms. The van der Waals surface area contributed by atoms with Gasteiger partial charge >= 0.3 is 0 Å². The van der Waals surface area contributed by atoms with Crippen LogP contribution in [-0.2, 0) is 18.3 Å². The van der Waals surface area contributed by atoms with Crippen LogP contribution >= 0.6 is 11.3 Å². The van der Waals surface area contributed by atoms with Crippen molar-refractivity contribution in [3.63, 3.8) is 0 Å². The molecule has 3 aromatic heterocycles. The standard InChI is InChI=1S/C19H21FN6O2S/c1-8-17-12(25-26(8)2)5-13(29-17)16-14-9(6-22-19(14)27)15(20)18(24-16)23-11-3-4-28-7-10(11)21/h5,10-11H,3-4,6-7,21H2,1-2H3,(H,22,27)(H,23,24)/t10-,11+/m0/s1. The molecule has 1 saturated heterocycles. The van der Waals surface area contributed by atoms with Crippen LogP contribution in [0.15, 0.2) is 6.07 Å². The minimum absolute atomic E-state index is 0.126. The van der Waals surface area contributed by atoms with Gasteiger partial charge in [-0.25, -0.2) is 9.37 Å². The average molecular weight is 416 g/mol. The number of halogens is 1. The highest BCUT2D eigenvalue weighted by Crippen LogP contribution is 2.39. The van der Waals surface area contributed by atoms with Gasteiger partial charge in [-0.1, -0.05) is 0 Å². The maximum Gasteiger partial charge on any atom is 0.254 e. The van der Waals surface area contributed by atoms with Crippen LogP contribution in [0.4, 0.5) is 10.2 Å². The quantitative estimate of drug-likeness (QED) is 0.602. The van der Waals surface area contributed by atoms with E-state index in [9.17, 15) is 4.79 Å². The first-order chi connectivity index (χ1) is 13.9. The zero-order valence-corrected chi connectivity index (χ0v) is 16.9. The molecule has 5 rings (SSSR count). The molecule has 152 valence electrons. The molecule has 29 heavy (non-hydrogen) atoms. The van der Waals surface area contributed by atoms with Crippen molar-refractivity contribution in [3.8, 4) is 10.6 Å². The SMILES string of the molecule is Cc1c2sc(-c3nc(N[C@@H]4CCOC[C@@H]4N)c(F)c4c3C(=O)NC4)cc2nn1C. The maximum absolute atomic E-state index is 15.2. The first-order valence-electron chi connectivity index (χ1n) is 9.48. The first kappa shape index (κ1) is 18.5. The Morgan fingerprint density at radius 3 is 3.07 bits per heavy atom. The topological polar surface area (TPSA) is 107 Å². The summed E-state index contributed by atoms with van der Waals surface area (Å²) in [5.74, 6) is -0.683. The van der Waals surface area contributed by atoms with E-state index >= 15 is 4.39 Å². The summed E-state index contributed by atoms with van der Waals surface area (Å²) < 4.78 is 23.4. The molecule has 2 aliphatic heterocycles. The molecule has 2 atom stereocenters. The Hall–Kier alpha value is -2.56. The molecule has 4 N–H and O–H groups in total. The first-order valence-corrected chi connectivity index (χ1v) is 10.3. The number of fused-ring (bicyclic) bond motifs is 2. The molecule has 10 heteroatoms. The van der Waals surface area contributed by atoms with Crippen LogP contribution in [0.3, 0.4) is 0 Å². The van der Waals surface area contributed by atoms with Gasteiger partial charge in [0.05, 0.1) is 33.1 Å². The van der Waals surface area contributed by atoms with Crippen molar-refractivity contribution >= 4 is 33.3 Å². The zero-order valence-electron chi connectivity index (χ0n) is 16.1. The van der Waals surface area contributed by atoms with Crippen molar-refractivity contribution < 1.29 is 13.9 Å². The Kier molecular flexibility index (Phi) is 4.30. The van der Waals surface area contributed by atoms with Crippen molar-refractivity contribution in [3.05, 3.63) is 28.7 Å². The van der Waals surface area contributed by atoms with E-state index in [1.165, 1.54) is 11.3 Å². The number of nitrogens with one attached hydrogen (secondary N) is 2. The second-order valence-electron chi connectivity index (χ2n) is 7.47. The lowest BCUT2D eigenvalue weighted by atomic mass is 10.0. The van der Waals surface area contributed by atoms with Gasteiger partial charge in [0, 0.05) is 37.8 Å². The van der Waals surface area contributed by atoms with Gasteiger partial charge in [0.25, 0.3) is 5.91 Å². The second-order valence-corrected chi connectivity index (χ2v) is 8.52. The van der Waals surface area contributed by atoms with E-state index in [1.54, 1.807) is 0 Å². The minimum Gasteiger partial charge on any atom is -0.380 e. The van der Waals surface area contributed by atoms with Crippen molar-refractivity contribution in [2.75, 3.05) is 18.5 Å². The van der Waals surface area contributed by atoms with Crippen LogP contribution in [0.2, 0.25) is 0 Å². The number of pyridine rings is 1. The van der Waals surface area contributed by atoms with Gasteiger partial charge in [-0.05, 0) is 19.4 Å². The summed E-state index contributed by atoms with van der Waals surface area (Å²) in [5.41, 5.74) is 9.10. The number of aryl methyl sites for hydroxylation is 2. The van der Waals surface area contributed by atoms with Gasteiger partial charge in [0.2, 0.25) is 0 Å². The molecular formula is C19H21FN6O2S. The third kappa shape index (κ3) is 2.90. The average Bonchev–Trinajstić information content (AvgIpc) is 3.36. The number of rotatable bonds is 3. The monoisotopic (exact) mass is 416 g/mol. The number of nitrogens with two attached hydrogens (primary N) is 1. The van der Waals surface area contributed by atoms with Gasteiger partial charge in [-0.15, -0.1) is 11.3 Å². The molecular weight excluding hydrogens is 395 g/mol. The normalized spacial score (nSPS) is 21.4. The summed E-state index contributed by atoms with van der Waals surface area (Å²) in [6, 6.07) is 1.51. The van der Waals surface area contributed by atoms with E-state index in [2.05, 4.69) is 20.7 Å². The van der Waals surface area contributed by atoms with Crippen molar-refractivity contribution in [1.29, 1.82) is 0 Å². The van der Waals surface area contributed by atoms with Gasteiger partial charge in [-0.2, -0.15) is 5.10 Å². The summed E-state index contributed by atoms with van der Waals surface area (Å²) in [6.07, 6.45) is 0.665. The predicted molar refractivity (Wildman–Crippen MR) is 109 cm³/mol. The van der Waals surface area contributed by atoms with Crippen LogP contribution in [0.5, 0.6) is 0 Å². The molecule has 0 saturated carbocycles. The lowest BCUT2D eigenvalue weighted by Crippen LogP contribution is -2.48. The highest BCUT2D eigenvalue weighted by Gasteiger charge is 2.32. The number of thiophene rings is 1. The lowest BCUT2D eigenvalue weighted by Gasteiger charge is -2.30. The van der Waals surface area contributed by atoms with Gasteiger partial charge in [0.15, 0.2) is 11.6 Å². The van der Waals surface area contributed by atoms with E-state index in [4.69, 9.17) is 10.5 Å². The molecule has 8 nitrogen and oxygen atoms in total. The Balaban J connectivity index is 1.63. The maximum atomic E-state index is 15.2. The molecule has 0 aliphatic carbocycles. The van der Waals surface area contributed by atoms with Gasteiger partial charge < -0.3 is 21.1 Å². The number of amides is 1. The third-order valence-corrected chi connectivity index (χ3v) is 6.87. The lowest BCUT2D eigenvalue weighted by molar-refractivity contribution is 0.0751. The Morgan fingerprint density at radius 1 is 1.48 bits per heavy atom. The molecule has 0 unspecified atom stereocenters. The number of aromatic nitrogens is 3. The van der Waals surface area contributed by atoms with E-state index < -0.39 is 5.82 Å². The molecule has 3 aromatic rings. The van der Waals surface area contributed by atoms with Crippen LogP contribution in [0.1, 0.15) is 28.0 Å². The smallest absolute Gasteiger partial charge is 0.254 e. The Labute approximate surface area is 170 Å². The van der Waals surface area contributed by atoms with E-state index in [1.807, 2.05) is 24.7 Å². The number of hydrogen-bond acceptors (Lipinski definition) is 7. The molecule has 2 aliphatic rings. The van der Waals surface area contributed by atoms with Gasteiger partial charge in [-0.3, -0.25) is 9.48 Å². The van der Waals surface area contributed by atoms with Gasteiger partial charge in [0.1, 0.15) is 5.52 Å². The molecule has 0 spiro atoms. The number of anilines is 1. The van der Waals surface area contributed by atoms with E-state index in [0.29, 0.717) is 36.5 Å². The Bertz CT molecular complexity index is 1140. The number of hydrogen-bond donors (Lipinski definition) is 3. The largest absolute Gasteiger partial charge is 0.380 e. The molecule has 1 fully saturated rings. The Morgan fingerprint density at radius 2 is 2.31 bits per heavy atom. The summed E-state index contributed by atoms with van der Waals surface area (Å²) >= 11 is 1.51. The summed E-state index contributed by atoms with van der Waals surface area (Å²) in [6.45, 7) is 3.11. The second kappa shape index (κ2) is 6.75. The fourth-order valence-corrected chi connectivity index (χ4v) is 5.00.